The van der Waals surface area contributed by atoms with Gasteiger partial charge in [-0.15, -0.1) is 0 Å². The lowest BCUT2D eigenvalue weighted by Gasteiger charge is -2.18. The lowest BCUT2D eigenvalue weighted by molar-refractivity contribution is 0.101. The first-order valence-electron chi connectivity index (χ1n) is 7.26. The summed E-state index contributed by atoms with van der Waals surface area (Å²) in [5.74, 6) is 0.435. The Morgan fingerprint density at radius 3 is 2.46 bits per heavy atom. The summed E-state index contributed by atoms with van der Waals surface area (Å²) in [6, 6.07) is 12.8. The van der Waals surface area contributed by atoms with Crippen molar-refractivity contribution in [2.75, 3.05) is 20.2 Å². The summed E-state index contributed by atoms with van der Waals surface area (Å²) in [7, 11) is -2.20. The lowest BCUT2D eigenvalue weighted by atomic mass is 10.2. The zero-order valence-electron chi connectivity index (χ0n) is 13.4. The molecular weight excluding hydrogens is 350 g/mol. The van der Waals surface area contributed by atoms with Crippen molar-refractivity contribution < 1.29 is 17.9 Å². The summed E-state index contributed by atoms with van der Waals surface area (Å²) < 4.78 is 31.8. The van der Waals surface area contributed by atoms with Crippen molar-refractivity contribution in [1.29, 1.82) is 0 Å². The second-order valence-corrected chi connectivity index (χ2v) is 7.69. The van der Waals surface area contributed by atoms with E-state index < -0.39 is 10.0 Å². The van der Waals surface area contributed by atoms with Gasteiger partial charge in [0.05, 0.1) is 4.90 Å². The predicted octanol–water partition coefficient (Wildman–Crippen LogP) is 3.24. The summed E-state index contributed by atoms with van der Waals surface area (Å²) in [5, 5.41) is 0.604. The minimum Gasteiger partial charge on any atom is -0.492 e. The Labute approximate surface area is 146 Å². The number of Topliss-reactive ketones (excluding diaryl/α,β-unsaturated/α-hetero) is 1. The van der Waals surface area contributed by atoms with E-state index in [9.17, 15) is 13.2 Å². The average molecular weight is 368 g/mol. The summed E-state index contributed by atoms with van der Waals surface area (Å²) in [6.07, 6.45) is 0. The predicted molar refractivity (Wildman–Crippen MR) is 93.2 cm³/mol. The van der Waals surface area contributed by atoms with Crippen LogP contribution in [-0.4, -0.2) is 38.7 Å². The van der Waals surface area contributed by atoms with E-state index in [1.54, 1.807) is 36.4 Å². The zero-order valence-corrected chi connectivity index (χ0v) is 15.0. The SMILES string of the molecule is CC(=O)c1cccc(S(=O)(=O)N(C)CCOc2ccc(Cl)cc2)c1. The number of carbonyl (C=O) groups excluding carboxylic acids is 1. The van der Waals surface area contributed by atoms with Crippen molar-refractivity contribution in [3.05, 3.63) is 59.1 Å². The topological polar surface area (TPSA) is 63.7 Å². The fourth-order valence-electron chi connectivity index (χ4n) is 2.00. The molecule has 7 heteroatoms. The molecular formula is C17H18ClNO4S. The first-order chi connectivity index (χ1) is 11.3. The molecule has 5 nitrogen and oxygen atoms in total. The molecule has 0 spiro atoms. The van der Waals surface area contributed by atoms with Crippen LogP contribution in [0.2, 0.25) is 5.02 Å². The maximum Gasteiger partial charge on any atom is 0.242 e. The molecule has 2 rings (SSSR count). The van der Waals surface area contributed by atoms with Gasteiger partial charge in [0, 0.05) is 24.2 Å². The molecule has 0 aromatic heterocycles. The van der Waals surface area contributed by atoms with Gasteiger partial charge >= 0.3 is 0 Å². The monoisotopic (exact) mass is 367 g/mol. The number of rotatable bonds is 7. The van der Waals surface area contributed by atoms with Crippen LogP contribution >= 0.6 is 11.6 Å². The highest BCUT2D eigenvalue weighted by Gasteiger charge is 2.21. The van der Waals surface area contributed by atoms with Crippen LogP contribution in [-0.2, 0) is 10.0 Å². The molecule has 0 amide bonds. The van der Waals surface area contributed by atoms with Crippen LogP contribution in [0.3, 0.4) is 0 Å². The van der Waals surface area contributed by atoms with Crippen molar-refractivity contribution in [2.24, 2.45) is 0 Å². The van der Waals surface area contributed by atoms with E-state index in [-0.39, 0.29) is 23.8 Å². The van der Waals surface area contributed by atoms with E-state index in [2.05, 4.69) is 0 Å². The number of likely N-dealkylation sites (N-methyl/N-ethyl adjacent to an activating group) is 1. The summed E-state index contributed by atoms with van der Waals surface area (Å²) in [6.45, 7) is 1.77. The fraction of sp³-hybridized carbons (Fsp3) is 0.235. The summed E-state index contributed by atoms with van der Waals surface area (Å²) in [4.78, 5) is 11.5. The number of ether oxygens (including phenoxy) is 1. The van der Waals surface area contributed by atoms with E-state index in [1.807, 2.05) is 0 Å². The third-order valence-corrected chi connectivity index (χ3v) is 5.54. The lowest BCUT2D eigenvalue weighted by Crippen LogP contribution is -2.31. The molecule has 0 bridgehead atoms. The largest absolute Gasteiger partial charge is 0.492 e. The van der Waals surface area contributed by atoms with Gasteiger partial charge in [0.15, 0.2) is 5.78 Å². The highest BCUT2D eigenvalue weighted by molar-refractivity contribution is 7.89. The van der Waals surface area contributed by atoms with Crippen molar-refractivity contribution >= 4 is 27.4 Å². The molecule has 0 unspecified atom stereocenters. The molecule has 0 heterocycles. The Balaban J connectivity index is 2.02. The maximum atomic E-state index is 12.5. The van der Waals surface area contributed by atoms with Crippen LogP contribution in [0.25, 0.3) is 0 Å². The third kappa shape index (κ3) is 4.56. The van der Waals surface area contributed by atoms with Crippen LogP contribution in [0, 0.1) is 0 Å². The van der Waals surface area contributed by atoms with Crippen molar-refractivity contribution in [3.63, 3.8) is 0 Å². The average Bonchev–Trinajstić information content (AvgIpc) is 2.56. The van der Waals surface area contributed by atoms with Crippen LogP contribution in [0.5, 0.6) is 5.75 Å². The number of hydrogen-bond donors (Lipinski definition) is 0. The smallest absolute Gasteiger partial charge is 0.242 e. The van der Waals surface area contributed by atoms with Gasteiger partial charge in [-0.2, -0.15) is 4.31 Å². The molecule has 0 N–H and O–H groups in total. The molecule has 2 aromatic rings. The van der Waals surface area contributed by atoms with E-state index in [1.165, 1.54) is 30.4 Å². The van der Waals surface area contributed by atoms with Crippen molar-refractivity contribution in [1.82, 2.24) is 4.31 Å². The molecule has 0 radical (unpaired) electrons. The summed E-state index contributed by atoms with van der Waals surface area (Å²) >= 11 is 5.79. The van der Waals surface area contributed by atoms with Gasteiger partial charge in [-0.25, -0.2) is 8.42 Å². The Bertz CT molecular complexity index is 819. The number of nitrogens with zero attached hydrogens (tertiary/aromatic N) is 1. The minimum absolute atomic E-state index is 0.0872. The number of sulfonamides is 1. The van der Waals surface area contributed by atoms with Crippen LogP contribution in [0.1, 0.15) is 17.3 Å². The van der Waals surface area contributed by atoms with Gasteiger partial charge in [0.2, 0.25) is 10.0 Å². The first-order valence-corrected chi connectivity index (χ1v) is 9.08. The Kier molecular flexibility index (Phi) is 5.99. The van der Waals surface area contributed by atoms with Gasteiger partial charge in [-0.3, -0.25) is 4.79 Å². The van der Waals surface area contributed by atoms with E-state index in [0.29, 0.717) is 16.3 Å². The van der Waals surface area contributed by atoms with Crippen LogP contribution in [0.4, 0.5) is 0 Å². The molecule has 0 atom stereocenters. The van der Waals surface area contributed by atoms with Gasteiger partial charge in [-0.1, -0.05) is 23.7 Å². The second-order valence-electron chi connectivity index (χ2n) is 5.21. The maximum absolute atomic E-state index is 12.5. The Hall–Kier alpha value is -1.89. The number of benzene rings is 2. The highest BCUT2D eigenvalue weighted by atomic mass is 35.5. The number of halogens is 1. The summed E-state index contributed by atoms with van der Waals surface area (Å²) in [5.41, 5.74) is 0.363. The second kappa shape index (κ2) is 7.79. The number of ketones is 1. The quantitative estimate of drug-likeness (QED) is 0.705. The fourth-order valence-corrected chi connectivity index (χ4v) is 3.33. The molecule has 0 aliphatic heterocycles. The molecule has 0 saturated carbocycles. The van der Waals surface area contributed by atoms with Gasteiger partial charge in [0.1, 0.15) is 12.4 Å². The molecule has 0 aliphatic carbocycles. The normalized spacial score (nSPS) is 11.5. The van der Waals surface area contributed by atoms with E-state index in [0.717, 1.165) is 0 Å². The van der Waals surface area contributed by atoms with E-state index >= 15 is 0 Å². The molecule has 0 fully saturated rings. The van der Waals surface area contributed by atoms with Gasteiger partial charge in [-0.05, 0) is 43.3 Å². The molecule has 0 aliphatic rings. The highest BCUT2D eigenvalue weighted by Crippen LogP contribution is 2.18. The van der Waals surface area contributed by atoms with Crippen LogP contribution in [0.15, 0.2) is 53.4 Å². The van der Waals surface area contributed by atoms with E-state index in [4.69, 9.17) is 16.3 Å². The standard InChI is InChI=1S/C17H18ClNO4S/c1-13(20)14-4-3-5-17(12-14)24(21,22)19(2)10-11-23-16-8-6-15(18)7-9-16/h3-9,12H,10-11H2,1-2H3. The molecule has 2 aromatic carbocycles. The molecule has 128 valence electrons. The molecule has 24 heavy (non-hydrogen) atoms. The molecule has 0 saturated heterocycles. The van der Waals surface area contributed by atoms with Crippen molar-refractivity contribution in [3.8, 4) is 5.75 Å². The zero-order chi connectivity index (χ0) is 17.7. The minimum atomic E-state index is -3.68. The number of hydrogen-bond acceptors (Lipinski definition) is 4. The Morgan fingerprint density at radius 1 is 1.17 bits per heavy atom. The Morgan fingerprint density at radius 2 is 1.83 bits per heavy atom. The van der Waals surface area contributed by atoms with Crippen LogP contribution < -0.4 is 4.74 Å². The number of carbonyl (C=O) groups is 1. The van der Waals surface area contributed by atoms with Crippen molar-refractivity contribution in [2.45, 2.75) is 11.8 Å². The first kappa shape index (κ1) is 18.4. The van der Waals surface area contributed by atoms with Gasteiger partial charge < -0.3 is 4.74 Å². The van der Waals surface area contributed by atoms with Gasteiger partial charge in [0.25, 0.3) is 0 Å². The third-order valence-electron chi connectivity index (χ3n) is 3.44.